The molecular formula is C22H30O4. The normalized spacial score (nSPS) is 47.4. The van der Waals surface area contributed by atoms with Crippen molar-refractivity contribution in [3.8, 4) is 0 Å². The fraction of sp³-hybridized carbons (Fsp3) is 0.727. The van der Waals surface area contributed by atoms with Crippen LogP contribution >= 0.6 is 0 Å². The van der Waals surface area contributed by atoms with Gasteiger partial charge < -0.3 is 10.2 Å². The summed E-state index contributed by atoms with van der Waals surface area (Å²) in [5, 5.41) is 20.6. The van der Waals surface area contributed by atoms with Gasteiger partial charge in [0, 0.05) is 17.3 Å². The SMILES string of the molecule is CC1C[C@@H]2C(=CC[C@@]3(C)[C@H]2CC[C@]3(O)C(=O)CO)[C@@]2(C)CCC(=O)C=C12. The summed E-state index contributed by atoms with van der Waals surface area (Å²) in [7, 11) is 0. The molecule has 2 saturated carbocycles. The molecule has 0 amide bonds. The standard InChI is InChI=1S/C22H30O4/c1-13-10-15-16(20(2)7-4-14(24)11-18(13)20)5-8-21(3)17(15)6-9-22(21,26)19(25)12-23/h5,11,13,15,17,23,26H,4,6-10,12H2,1-3H3/t13?,15-,17+,20-,21+,22+/m1/s1. The fourth-order valence-electron chi connectivity index (χ4n) is 6.87. The smallest absolute Gasteiger partial charge is 0.190 e. The van der Waals surface area contributed by atoms with Gasteiger partial charge in [0.2, 0.25) is 0 Å². The lowest BCUT2D eigenvalue weighted by atomic mass is 9.49. The third-order valence-corrected chi connectivity index (χ3v) is 8.42. The average molecular weight is 358 g/mol. The Hall–Kier alpha value is -1.26. The van der Waals surface area contributed by atoms with Gasteiger partial charge >= 0.3 is 0 Å². The van der Waals surface area contributed by atoms with Crippen LogP contribution in [-0.4, -0.2) is 34.0 Å². The summed E-state index contributed by atoms with van der Waals surface area (Å²) in [6.07, 6.45) is 8.52. The lowest BCUT2D eigenvalue weighted by Gasteiger charge is -2.56. The molecule has 4 aliphatic carbocycles. The Kier molecular flexibility index (Phi) is 3.92. The van der Waals surface area contributed by atoms with Crippen LogP contribution < -0.4 is 0 Å². The second kappa shape index (κ2) is 5.62. The Morgan fingerprint density at radius 3 is 2.69 bits per heavy atom. The van der Waals surface area contributed by atoms with Crippen LogP contribution in [0.3, 0.4) is 0 Å². The molecule has 6 atom stereocenters. The number of rotatable bonds is 2. The Labute approximate surface area is 155 Å². The summed E-state index contributed by atoms with van der Waals surface area (Å²) in [5.41, 5.74) is 0.719. The van der Waals surface area contributed by atoms with Gasteiger partial charge in [-0.1, -0.05) is 38.0 Å². The highest BCUT2D eigenvalue weighted by Gasteiger charge is 2.64. The van der Waals surface area contributed by atoms with E-state index in [-0.39, 0.29) is 17.1 Å². The molecule has 0 spiro atoms. The van der Waals surface area contributed by atoms with Crippen molar-refractivity contribution in [2.24, 2.45) is 28.6 Å². The van der Waals surface area contributed by atoms with E-state index < -0.39 is 23.4 Å². The molecule has 142 valence electrons. The van der Waals surface area contributed by atoms with Crippen molar-refractivity contribution in [1.82, 2.24) is 0 Å². The van der Waals surface area contributed by atoms with Crippen LogP contribution in [0.5, 0.6) is 0 Å². The number of aliphatic hydroxyl groups excluding tert-OH is 1. The fourth-order valence-corrected chi connectivity index (χ4v) is 6.87. The average Bonchev–Trinajstić information content (AvgIpc) is 2.88. The van der Waals surface area contributed by atoms with E-state index in [1.807, 2.05) is 13.0 Å². The number of fused-ring (bicyclic) bond motifs is 5. The second-order valence-electron chi connectivity index (χ2n) is 9.51. The van der Waals surface area contributed by atoms with Gasteiger partial charge in [0.15, 0.2) is 11.6 Å². The molecule has 0 aromatic heterocycles. The topological polar surface area (TPSA) is 74.6 Å². The zero-order valence-electron chi connectivity index (χ0n) is 16.0. The Morgan fingerprint density at radius 2 is 2.00 bits per heavy atom. The number of carbonyl (C=O) groups excluding carboxylic acids is 2. The number of allylic oxidation sites excluding steroid dienone is 4. The summed E-state index contributed by atoms with van der Waals surface area (Å²) < 4.78 is 0. The molecule has 4 heteroatoms. The third kappa shape index (κ3) is 2.09. The molecule has 4 nitrogen and oxygen atoms in total. The Bertz CT molecular complexity index is 734. The number of Topliss-reactive ketones (excluding diaryl/α,β-unsaturated/α-hetero) is 1. The van der Waals surface area contributed by atoms with Crippen molar-refractivity contribution in [3.05, 3.63) is 23.3 Å². The third-order valence-electron chi connectivity index (χ3n) is 8.42. The molecule has 2 fully saturated rings. The van der Waals surface area contributed by atoms with Crippen molar-refractivity contribution in [2.75, 3.05) is 6.61 Å². The van der Waals surface area contributed by atoms with Crippen LogP contribution in [0.2, 0.25) is 0 Å². The summed E-state index contributed by atoms with van der Waals surface area (Å²) >= 11 is 0. The van der Waals surface area contributed by atoms with E-state index in [9.17, 15) is 19.8 Å². The molecule has 0 radical (unpaired) electrons. The minimum absolute atomic E-state index is 0.0563. The van der Waals surface area contributed by atoms with Crippen LogP contribution in [0.25, 0.3) is 0 Å². The molecule has 26 heavy (non-hydrogen) atoms. The van der Waals surface area contributed by atoms with E-state index in [1.54, 1.807) is 0 Å². The van der Waals surface area contributed by atoms with E-state index in [0.29, 0.717) is 31.1 Å². The zero-order valence-corrected chi connectivity index (χ0v) is 16.0. The first-order valence-corrected chi connectivity index (χ1v) is 9.99. The minimum atomic E-state index is -1.42. The van der Waals surface area contributed by atoms with E-state index in [4.69, 9.17) is 0 Å². The molecule has 0 aliphatic heterocycles. The predicted octanol–water partition coefficient (Wildman–Crippen LogP) is 2.98. The van der Waals surface area contributed by atoms with Crippen molar-refractivity contribution >= 4 is 11.6 Å². The van der Waals surface area contributed by atoms with Gasteiger partial charge in [0.25, 0.3) is 0 Å². The molecule has 0 bridgehead atoms. The summed E-state index contributed by atoms with van der Waals surface area (Å²) in [5.74, 6) is 0.753. The first-order valence-electron chi connectivity index (χ1n) is 9.99. The number of ketones is 2. The van der Waals surface area contributed by atoms with Crippen LogP contribution in [-0.2, 0) is 9.59 Å². The van der Waals surface area contributed by atoms with Gasteiger partial charge in [-0.15, -0.1) is 0 Å². The molecule has 0 aromatic rings. The van der Waals surface area contributed by atoms with Crippen molar-refractivity contribution < 1.29 is 19.8 Å². The van der Waals surface area contributed by atoms with Gasteiger partial charge in [-0.2, -0.15) is 0 Å². The van der Waals surface area contributed by atoms with Crippen LogP contribution in [0, 0.1) is 28.6 Å². The molecule has 4 aliphatic rings. The highest BCUT2D eigenvalue weighted by molar-refractivity contribution is 5.92. The number of aliphatic hydroxyl groups is 2. The van der Waals surface area contributed by atoms with Crippen LogP contribution in [0.4, 0.5) is 0 Å². The van der Waals surface area contributed by atoms with Crippen molar-refractivity contribution in [2.45, 2.75) is 64.9 Å². The lowest BCUT2D eigenvalue weighted by Crippen LogP contribution is -2.56. The Morgan fingerprint density at radius 1 is 1.27 bits per heavy atom. The quantitative estimate of drug-likeness (QED) is 0.744. The van der Waals surface area contributed by atoms with Gasteiger partial charge in [0.1, 0.15) is 12.2 Å². The summed E-state index contributed by atoms with van der Waals surface area (Å²) in [6.45, 7) is 5.94. The first-order chi connectivity index (χ1) is 12.2. The second-order valence-corrected chi connectivity index (χ2v) is 9.51. The van der Waals surface area contributed by atoms with E-state index >= 15 is 0 Å². The molecule has 4 rings (SSSR count). The summed E-state index contributed by atoms with van der Waals surface area (Å²) in [4.78, 5) is 24.4. The van der Waals surface area contributed by atoms with Gasteiger partial charge in [-0.05, 0) is 55.9 Å². The molecular weight excluding hydrogens is 328 g/mol. The summed E-state index contributed by atoms with van der Waals surface area (Å²) in [6, 6.07) is 0. The maximum Gasteiger partial charge on any atom is 0.190 e. The highest BCUT2D eigenvalue weighted by Crippen LogP contribution is 2.66. The molecule has 0 heterocycles. The minimum Gasteiger partial charge on any atom is -0.388 e. The Balaban J connectivity index is 1.79. The van der Waals surface area contributed by atoms with Gasteiger partial charge in [-0.3, -0.25) is 9.59 Å². The zero-order chi connectivity index (χ0) is 18.9. The van der Waals surface area contributed by atoms with Crippen LogP contribution in [0.15, 0.2) is 23.3 Å². The van der Waals surface area contributed by atoms with Crippen molar-refractivity contribution in [1.29, 1.82) is 0 Å². The number of carbonyl (C=O) groups is 2. The van der Waals surface area contributed by atoms with E-state index in [0.717, 1.165) is 19.3 Å². The van der Waals surface area contributed by atoms with Crippen molar-refractivity contribution in [3.63, 3.8) is 0 Å². The molecule has 1 unspecified atom stereocenters. The molecule has 0 aromatic carbocycles. The van der Waals surface area contributed by atoms with Gasteiger partial charge in [0.05, 0.1) is 0 Å². The maximum absolute atomic E-state index is 12.4. The largest absolute Gasteiger partial charge is 0.388 e. The van der Waals surface area contributed by atoms with E-state index in [1.165, 1.54) is 11.1 Å². The van der Waals surface area contributed by atoms with Gasteiger partial charge in [-0.25, -0.2) is 0 Å². The number of hydrogen-bond acceptors (Lipinski definition) is 4. The predicted molar refractivity (Wildman–Crippen MR) is 98.3 cm³/mol. The maximum atomic E-state index is 12.4. The molecule has 0 saturated heterocycles. The molecule has 2 N–H and O–H groups in total. The lowest BCUT2D eigenvalue weighted by molar-refractivity contribution is -0.155. The highest BCUT2D eigenvalue weighted by atomic mass is 16.3. The van der Waals surface area contributed by atoms with E-state index in [2.05, 4.69) is 19.9 Å². The first kappa shape index (κ1) is 18.1. The monoisotopic (exact) mass is 358 g/mol. The number of hydrogen-bond donors (Lipinski definition) is 2. The van der Waals surface area contributed by atoms with Crippen LogP contribution in [0.1, 0.15) is 59.3 Å².